The van der Waals surface area contributed by atoms with Crippen LogP contribution in [0, 0.1) is 10.1 Å². The van der Waals surface area contributed by atoms with Gasteiger partial charge in [0.2, 0.25) is 0 Å². The summed E-state index contributed by atoms with van der Waals surface area (Å²) in [5.41, 5.74) is 0.762. The second kappa shape index (κ2) is 7.34. The molecule has 3 aromatic rings. The Morgan fingerprint density at radius 2 is 1.59 bits per heavy atom. The summed E-state index contributed by atoms with van der Waals surface area (Å²) >= 11 is 0. The number of nitro benzene ring substituents is 1. The van der Waals surface area contributed by atoms with Gasteiger partial charge in [-0.2, -0.15) is 0 Å². The van der Waals surface area contributed by atoms with Crippen LogP contribution in [0.3, 0.4) is 0 Å². The minimum atomic E-state index is -4.00. The molecular formula is C18H13N3O5S. The summed E-state index contributed by atoms with van der Waals surface area (Å²) in [5, 5.41) is 10.8. The Labute approximate surface area is 154 Å². The van der Waals surface area contributed by atoms with Gasteiger partial charge in [0.1, 0.15) is 0 Å². The number of anilines is 1. The number of nitrogens with zero attached hydrogens (tertiary/aromatic N) is 2. The van der Waals surface area contributed by atoms with Gasteiger partial charge in [-0.3, -0.25) is 24.6 Å². The third kappa shape index (κ3) is 4.15. The van der Waals surface area contributed by atoms with Gasteiger partial charge >= 0.3 is 0 Å². The molecule has 0 radical (unpaired) electrons. The van der Waals surface area contributed by atoms with Crippen LogP contribution in [0.1, 0.15) is 15.9 Å². The number of nitrogens with one attached hydrogen (secondary N) is 1. The lowest BCUT2D eigenvalue weighted by Gasteiger charge is -2.09. The molecule has 27 heavy (non-hydrogen) atoms. The van der Waals surface area contributed by atoms with Gasteiger partial charge in [0.25, 0.3) is 15.7 Å². The van der Waals surface area contributed by atoms with Crippen molar-refractivity contribution in [3.8, 4) is 0 Å². The minimum Gasteiger partial charge on any atom is -0.289 e. The van der Waals surface area contributed by atoms with Crippen molar-refractivity contribution in [2.24, 2.45) is 0 Å². The lowest BCUT2D eigenvalue weighted by atomic mass is 10.0. The highest BCUT2D eigenvalue weighted by atomic mass is 32.2. The van der Waals surface area contributed by atoms with E-state index in [4.69, 9.17) is 0 Å². The number of benzene rings is 2. The van der Waals surface area contributed by atoms with Gasteiger partial charge in [0.05, 0.1) is 9.82 Å². The van der Waals surface area contributed by atoms with Gasteiger partial charge in [0.15, 0.2) is 5.78 Å². The molecule has 1 aromatic heterocycles. The Morgan fingerprint density at radius 3 is 2.22 bits per heavy atom. The average molecular weight is 383 g/mol. The van der Waals surface area contributed by atoms with E-state index >= 15 is 0 Å². The number of carbonyl (C=O) groups is 1. The fourth-order valence-corrected chi connectivity index (χ4v) is 3.44. The number of nitro groups is 1. The molecule has 0 unspecified atom stereocenters. The van der Waals surface area contributed by atoms with E-state index < -0.39 is 14.9 Å². The largest absolute Gasteiger partial charge is 0.289 e. The van der Waals surface area contributed by atoms with Crippen molar-refractivity contribution in [2.75, 3.05) is 4.72 Å². The van der Waals surface area contributed by atoms with Crippen molar-refractivity contribution >= 4 is 27.2 Å². The Morgan fingerprint density at radius 1 is 0.963 bits per heavy atom. The predicted octanol–water partition coefficient (Wildman–Crippen LogP) is 3.02. The Bertz CT molecular complexity index is 1100. The summed E-state index contributed by atoms with van der Waals surface area (Å²) in [6.45, 7) is 0. The Hall–Kier alpha value is -3.59. The van der Waals surface area contributed by atoms with Crippen molar-refractivity contribution in [3.63, 3.8) is 0 Å². The highest BCUT2D eigenvalue weighted by Gasteiger charge is 2.18. The van der Waals surface area contributed by atoms with Crippen LogP contribution in [0.4, 0.5) is 11.4 Å². The van der Waals surface area contributed by atoms with Crippen LogP contribution in [0.2, 0.25) is 0 Å². The van der Waals surface area contributed by atoms with E-state index in [1.54, 1.807) is 12.1 Å². The Kier molecular flexibility index (Phi) is 4.95. The molecule has 136 valence electrons. The third-order valence-electron chi connectivity index (χ3n) is 3.68. The first kappa shape index (κ1) is 18.2. The number of non-ortho nitro benzene ring substituents is 1. The van der Waals surface area contributed by atoms with Crippen LogP contribution in [-0.2, 0) is 10.0 Å². The molecule has 0 atom stereocenters. The number of aromatic nitrogens is 1. The van der Waals surface area contributed by atoms with Crippen LogP contribution >= 0.6 is 0 Å². The molecule has 0 aliphatic carbocycles. The van der Waals surface area contributed by atoms with Gasteiger partial charge in [-0.1, -0.05) is 6.07 Å². The van der Waals surface area contributed by atoms with Crippen molar-refractivity contribution in [1.29, 1.82) is 0 Å². The van der Waals surface area contributed by atoms with E-state index in [1.165, 1.54) is 54.9 Å². The van der Waals surface area contributed by atoms with Crippen molar-refractivity contribution in [3.05, 3.63) is 94.3 Å². The van der Waals surface area contributed by atoms with Crippen molar-refractivity contribution in [1.82, 2.24) is 4.98 Å². The standard InChI is InChI=1S/C18H13N3O5S/c22-18(14-8-10-19-11-9-14)13-4-6-15(7-5-13)20-27(25,26)17-3-1-2-16(12-17)21(23)24/h1-12,20H. The lowest BCUT2D eigenvalue weighted by Crippen LogP contribution is -2.13. The zero-order chi connectivity index (χ0) is 19.4. The quantitative estimate of drug-likeness (QED) is 0.397. The van der Waals surface area contributed by atoms with Crippen molar-refractivity contribution in [2.45, 2.75) is 4.90 Å². The molecule has 2 aromatic carbocycles. The van der Waals surface area contributed by atoms with Crippen LogP contribution in [-0.4, -0.2) is 24.1 Å². The monoisotopic (exact) mass is 383 g/mol. The van der Waals surface area contributed by atoms with Crippen LogP contribution in [0.15, 0.2) is 78.0 Å². The SMILES string of the molecule is O=C(c1ccncc1)c1ccc(NS(=O)(=O)c2cccc([N+](=O)[O-])c2)cc1. The zero-order valence-electron chi connectivity index (χ0n) is 13.8. The molecule has 3 rings (SSSR count). The molecule has 0 saturated heterocycles. The molecule has 0 aliphatic heterocycles. The number of carbonyl (C=O) groups excluding carboxylic acids is 1. The summed E-state index contributed by atoms with van der Waals surface area (Å²) in [6, 6.07) is 13.8. The van der Waals surface area contributed by atoms with E-state index in [-0.39, 0.29) is 22.1 Å². The molecule has 0 saturated carbocycles. The normalized spacial score (nSPS) is 11.0. The maximum absolute atomic E-state index is 12.4. The fraction of sp³-hybridized carbons (Fsp3) is 0. The van der Waals surface area contributed by atoms with Gasteiger partial charge in [-0.15, -0.1) is 0 Å². The number of ketones is 1. The van der Waals surface area contributed by atoms with Gasteiger partial charge < -0.3 is 0 Å². The topological polar surface area (TPSA) is 119 Å². The molecule has 8 nitrogen and oxygen atoms in total. The molecule has 0 aliphatic rings. The molecule has 0 amide bonds. The average Bonchev–Trinajstić information content (AvgIpc) is 2.68. The predicted molar refractivity (Wildman–Crippen MR) is 98.0 cm³/mol. The molecule has 0 fully saturated rings. The third-order valence-corrected chi connectivity index (χ3v) is 5.06. The first-order valence-electron chi connectivity index (χ1n) is 7.69. The van der Waals surface area contributed by atoms with E-state index in [1.807, 2.05) is 0 Å². The molecular weight excluding hydrogens is 370 g/mol. The summed E-state index contributed by atoms with van der Waals surface area (Å²) in [7, 11) is -4.00. The molecule has 1 heterocycles. The van der Waals surface area contributed by atoms with Gasteiger partial charge in [-0.25, -0.2) is 8.42 Å². The zero-order valence-corrected chi connectivity index (χ0v) is 14.6. The van der Waals surface area contributed by atoms with Gasteiger partial charge in [0, 0.05) is 41.3 Å². The molecule has 0 spiro atoms. The van der Waals surface area contributed by atoms with Crippen LogP contribution < -0.4 is 4.72 Å². The summed E-state index contributed by atoms with van der Waals surface area (Å²) < 4.78 is 27.2. The second-order valence-corrected chi connectivity index (χ2v) is 7.18. The number of pyridine rings is 1. The molecule has 1 N–H and O–H groups in total. The van der Waals surface area contributed by atoms with E-state index in [2.05, 4.69) is 9.71 Å². The first-order chi connectivity index (χ1) is 12.9. The minimum absolute atomic E-state index is 0.217. The number of sulfonamides is 1. The lowest BCUT2D eigenvalue weighted by molar-refractivity contribution is -0.385. The number of rotatable bonds is 6. The maximum atomic E-state index is 12.4. The Balaban J connectivity index is 1.81. The van der Waals surface area contributed by atoms with Crippen molar-refractivity contribution < 1.29 is 18.1 Å². The van der Waals surface area contributed by atoms with E-state index in [9.17, 15) is 23.3 Å². The fourth-order valence-electron chi connectivity index (χ4n) is 2.34. The van der Waals surface area contributed by atoms with E-state index in [0.29, 0.717) is 11.1 Å². The molecule has 9 heteroatoms. The number of hydrogen-bond acceptors (Lipinski definition) is 6. The summed E-state index contributed by atoms with van der Waals surface area (Å²) in [6.07, 6.45) is 3.02. The van der Waals surface area contributed by atoms with Crippen LogP contribution in [0.25, 0.3) is 0 Å². The summed E-state index contributed by atoms with van der Waals surface area (Å²) in [4.78, 5) is 26.1. The second-order valence-electron chi connectivity index (χ2n) is 5.50. The highest BCUT2D eigenvalue weighted by molar-refractivity contribution is 7.92. The first-order valence-corrected chi connectivity index (χ1v) is 9.17. The number of hydrogen-bond donors (Lipinski definition) is 1. The van der Waals surface area contributed by atoms with E-state index in [0.717, 1.165) is 6.07 Å². The van der Waals surface area contributed by atoms with Crippen LogP contribution in [0.5, 0.6) is 0 Å². The smallest absolute Gasteiger partial charge is 0.270 e. The highest BCUT2D eigenvalue weighted by Crippen LogP contribution is 2.21. The summed E-state index contributed by atoms with van der Waals surface area (Å²) in [5.74, 6) is -0.217. The van der Waals surface area contributed by atoms with Gasteiger partial charge in [-0.05, 0) is 42.5 Å². The molecule has 0 bridgehead atoms. The maximum Gasteiger partial charge on any atom is 0.270 e.